The van der Waals surface area contributed by atoms with Crippen molar-refractivity contribution >= 4 is 17.6 Å². The number of hydrogen-bond donors (Lipinski definition) is 3. The van der Waals surface area contributed by atoms with Gasteiger partial charge >= 0.3 is 6.03 Å². The number of benzene rings is 1. The molecule has 24 heavy (non-hydrogen) atoms. The number of hydrogen-bond acceptors (Lipinski definition) is 3. The van der Waals surface area contributed by atoms with Crippen molar-refractivity contribution in [1.82, 2.24) is 10.2 Å². The first-order valence-electron chi connectivity index (χ1n) is 8.61. The van der Waals surface area contributed by atoms with Gasteiger partial charge in [0.15, 0.2) is 0 Å². The van der Waals surface area contributed by atoms with Crippen molar-refractivity contribution < 1.29 is 14.7 Å². The van der Waals surface area contributed by atoms with Crippen LogP contribution in [0.2, 0.25) is 0 Å². The summed E-state index contributed by atoms with van der Waals surface area (Å²) in [5.41, 5.74) is 1.25. The number of urea groups is 1. The number of aliphatic hydroxyl groups is 1. The number of anilines is 1. The van der Waals surface area contributed by atoms with Crippen LogP contribution in [0.1, 0.15) is 43.5 Å². The highest BCUT2D eigenvalue weighted by Gasteiger charge is 2.21. The highest BCUT2D eigenvalue weighted by molar-refractivity contribution is 5.95. The van der Waals surface area contributed by atoms with Gasteiger partial charge in [0, 0.05) is 24.3 Å². The standard InChI is InChI=1S/C18H27N3O3/c1-3-15(12-22)19-18(24)20-16-6-4-14(5-7-16)17(23)21-10-8-13(2)9-11-21/h4-7,13,15,22H,3,8-12H2,1-2H3,(H2,19,20,24). The smallest absolute Gasteiger partial charge is 0.319 e. The molecule has 3 N–H and O–H groups in total. The van der Waals surface area contributed by atoms with Gasteiger partial charge in [-0.25, -0.2) is 4.79 Å². The Balaban J connectivity index is 1.90. The van der Waals surface area contributed by atoms with E-state index in [1.165, 1.54) is 0 Å². The Bertz CT molecular complexity index is 547. The first kappa shape index (κ1) is 18.3. The Kier molecular flexibility index (Phi) is 6.61. The lowest BCUT2D eigenvalue weighted by Crippen LogP contribution is -2.39. The zero-order valence-electron chi connectivity index (χ0n) is 14.4. The maximum absolute atomic E-state index is 12.5. The van der Waals surface area contributed by atoms with E-state index in [9.17, 15) is 9.59 Å². The molecule has 0 aromatic heterocycles. The second-order valence-corrected chi connectivity index (χ2v) is 6.44. The fourth-order valence-corrected chi connectivity index (χ4v) is 2.72. The van der Waals surface area contributed by atoms with E-state index in [1.54, 1.807) is 24.3 Å². The normalized spacial score (nSPS) is 16.5. The van der Waals surface area contributed by atoms with E-state index in [-0.39, 0.29) is 24.6 Å². The van der Waals surface area contributed by atoms with Gasteiger partial charge in [0.05, 0.1) is 12.6 Å². The summed E-state index contributed by atoms with van der Waals surface area (Å²) in [4.78, 5) is 26.2. The minimum atomic E-state index is -0.361. The SMILES string of the molecule is CCC(CO)NC(=O)Nc1ccc(C(=O)N2CCC(C)CC2)cc1. The maximum atomic E-state index is 12.5. The Morgan fingerprint density at radius 3 is 2.42 bits per heavy atom. The maximum Gasteiger partial charge on any atom is 0.319 e. The number of amides is 3. The molecule has 3 amide bonds. The van der Waals surface area contributed by atoms with E-state index in [0.717, 1.165) is 25.9 Å². The van der Waals surface area contributed by atoms with Gasteiger partial charge in [-0.3, -0.25) is 4.79 Å². The monoisotopic (exact) mass is 333 g/mol. The first-order valence-corrected chi connectivity index (χ1v) is 8.61. The number of rotatable bonds is 5. The molecule has 1 aliphatic heterocycles. The highest BCUT2D eigenvalue weighted by atomic mass is 16.3. The van der Waals surface area contributed by atoms with Gasteiger partial charge < -0.3 is 20.6 Å². The largest absolute Gasteiger partial charge is 0.394 e. The van der Waals surface area contributed by atoms with Gasteiger partial charge in [0.1, 0.15) is 0 Å². The van der Waals surface area contributed by atoms with Crippen LogP contribution >= 0.6 is 0 Å². The molecule has 0 spiro atoms. The molecule has 1 unspecified atom stereocenters. The highest BCUT2D eigenvalue weighted by Crippen LogP contribution is 2.19. The van der Waals surface area contributed by atoms with Crippen molar-refractivity contribution in [3.63, 3.8) is 0 Å². The lowest BCUT2D eigenvalue weighted by Gasteiger charge is -2.30. The van der Waals surface area contributed by atoms with Crippen LogP contribution < -0.4 is 10.6 Å². The number of nitrogens with zero attached hydrogens (tertiary/aromatic N) is 1. The molecule has 6 heteroatoms. The number of likely N-dealkylation sites (tertiary alicyclic amines) is 1. The van der Waals surface area contributed by atoms with Gasteiger partial charge in [-0.15, -0.1) is 0 Å². The van der Waals surface area contributed by atoms with Crippen LogP contribution in [0.5, 0.6) is 0 Å². The van der Waals surface area contributed by atoms with Gasteiger partial charge in [-0.05, 0) is 49.4 Å². The average molecular weight is 333 g/mol. The summed E-state index contributed by atoms with van der Waals surface area (Å²) < 4.78 is 0. The van der Waals surface area contributed by atoms with E-state index in [4.69, 9.17) is 5.11 Å². The molecule has 1 atom stereocenters. The van der Waals surface area contributed by atoms with Gasteiger partial charge in [-0.1, -0.05) is 13.8 Å². The molecule has 1 heterocycles. The van der Waals surface area contributed by atoms with E-state index >= 15 is 0 Å². The van der Waals surface area contributed by atoms with Crippen molar-refractivity contribution in [2.75, 3.05) is 25.0 Å². The molecule has 0 saturated carbocycles. The van der Waals surface area contributed by atoms with Crippen molar-refractivity contribution in [2.24, 2.45) is 5.92 Å². The molecule has 1 fully saturated rings. The minimum absolute atomic E-state index is 0.0456. The molecule has 1 aliphatic rings. The van der Waals surface area contributed by atoms with E-state index in [1.807, 2.05) is 11.8 Å². The van der Waals surface area contributed by atoms with E-state index in [0.29, 0.717) is 23.6 Å². The van der Waals surface area contributed by atoms with Crippen molar-refractivity contribution in [1.29, 1.82) is 0 Å². The second kappa shape index (κ2) is 8.68. The summed E-state index contributed by atoms with van der Waals surface area (Å²) >= 11 is 0. The Morgan fingerprint density at radius 1 is 1.25 bits per heavy atom. The molecule has 0 bridgehead atoms. The number of carbonyl (C=O) groups is 2. The summed E-state index contributed by atoms with van der Waals surface area (Å²) in [7, 11) is 0. The van der Waals surface area contributed by atoms with Crippen LogP contribution in [0.4, 0.5) is 10.5 Å². The lowest BCUT2D eigenvalue weighted by molar-refractivity contribution is 0.0697. The summed E-state index contributed by atoms with van der Waals surface area (Å²) in [5.74, 6) is 0.731. The fraction of sp³-hybridized carbons (Fsp3) is 0.556. The molecule has 1 aromatic carbocycles. The molecular formula is C18H27N3O3. The van der Waals surface area contributed by atoms with E-state index < -0.39 is 0 Å². The zero-order valence-corrected chi connectivity index (χ0v) is 14.4. The second-order valence-electron chi connectivity index (χ2n) is 6.44. The van der Waals surface area contributed by atoms with Crippen molar-refractivity contribution in [3.05, 3.63) is 29.8 Å². The first-order chi connectivity index (χ1) is 11.5. The Hall–Kier alpha value is -2.08. The van der Waals surface area contributed by atoms with E-state index in [2.05, 4.69) is 17.6 Å². The molecule has 0 radical (unpaired) electrons. The fourth-order valence-electron chi connectivity index (χ4n) is 2.72. The van der Waals surface area contributed by atoms with Crippen LogP contribution in [0.25, 0.3) is 0 Å². The number of nitrogens with one attached hydrogen (secondary N) is 2. The molecule has 132 valence electrons. The van der Waals surface area contributed by atoms with Crippen LogP contribution in [-0.2, 0) is 0 Å². The third-order valence-electron chi connectivity index (χ3n) is 4.51. The van der Waals surface area contributed by atoms with Crippen LogP contribution in [-0.4, -0.2) is 47.7 Å². The number of carbonyl (C=O) groups excluding carboxylic acids is 2. The van der Waals surface area contributed by atoms with Crippen molar-refractivity contribution in [3.8, 4) is 0 Å². The Morgan fingerprint density at radius 2 is 1.88 bits per heavy atom. The minimum Gasteiger partial charge on any atom is -0.394 e. The summed E-state index contributed by atoms with van der Waals surface area (Å²) in [5, 5.41) is 14.5. The van der Waals surface area contributed by atoms with Crippen molar-refractivity contribution in [2.45, 2.75) is 39.2 Å². The quantitative estimate of drug-likeness (QED) is 0.774. The molecule has 6 nitrogen and oxygen atoms in total. The lowest BCUT2D eigenvalue weighted by atomic mass is 9.98. The topological polar surface area (TPSA) is 81.7 Å². The third kappa shape index (κ3) is 4.96. The summed E-state index contributed by atoms with van der Waals surface area (Å²) in [6.07, 6.45) is 2.76. The third-order valence-corrected chi connectivity index (χ3v) is 4.51. The zero-order chi connectivity index (χ0) is 17.5. The predicted molar refractivity (Wildman–Crippen MR) is 94.1 cm³/mol. The Labute approximate surface area is 143 Å². The molecule has 1 saturated heterocycles. The number of aliphatic hydroxyl groups excluding tert-OH is 1. The molecule has 1 aromatic rings. The molecule has 2 rings (SSSR count). The summed E-state index contributed by atoms with van der Waals surface area (Å²) in [6, 6.07) is 6.30. The van der Waals surface area contributed by atoms with Crippen LogP contribution in [0, 0.1) is 5.92 Å². The van der Waals surface area contributed by atoms with Crippen LogP contribution in [0.3, 0.4) is 0 Å². The molecular weight excluding hydrogens is 306 g/mol. The molecule has 0 aliphatic carbocycles. The summed E-state index contributed by atoms with van der Waals surface area (Å²) in [6.45, 7) is 5.63. The van der Waals surface area contributed by atoms with Crippen LogP contribution in [0.15, 0.2) is 24.3 Å². The van der Waals surface area contributed by atoms with Gasteiger partial charge in [0.2, 0.25) is 0 Å². The average Bonchev–Trinajstić information content (AvgIpc) is 2.60. The van der Waals surface area contributed by atoms with Gasteiger partial charge in [0.25, 0.3) is 5.91 Å². The predicted octanol–water partition coefficient (Wildman–Crippen LogP) is 2.45. The van der Waals surface area contributed by atoms with Gasteiger partial charge in [-0.2, -0.15) is 0 Å². The number of piperidine rings is 1.